The molecule has 1 amide bonds. The van der Waals surface area contributed by atoms with Crippen molar-refractivity contribution in [2.24, 2.45) is 0 Å². The van der Waals surface area contributed by atoms with Gasteiger partial charge in [-0.3, -0.25) is 4.79 Å². The van der Waals surface area contributed by atoms with Crippen molar-refractivity contribution in [1.29, 1.82) is 0 Å². The molecule has 0 aliphatic heterocycles. The molecule has 1 aliphatic rings. The minimum atomic E-state index is -0.0844. The molecule has 1 rings (SSSR count). The highest BCUT2D eigenvalue weighted by Crippen LogP contribution is 2.19. The van der Waals surface area contributed by atoms with Gasteiger partial charge < -0.3 is 14.8 Å². The largest absolute Gasteiger partial charge is 0.498 e. The first-order valence-corrected chi connectivity index (χ1v) is 4.43. The van der Waals surface area contributed by atoms with Crippen LogP contribution in [0.3, 0.4) is 0 Å². The van der Waals surface area contributed by atoms with Crippen LogP contribution >= 0.6 is 0 Å². The molecule has 14 heavy (non-hydrogen) atoms. The van der Waals surface area contributed by atoms with E-state index in [4.69, 9.17) is 9.47 Å². The number of hydrogen-bond donors (Lipinski definition) is 1. The van der Waals surface area contributed by atoms with Crippen molar-refractivity contribution in [1.82, 2.24) is 5.32 Å². The van der Waals surface area contributed by atoms with Crippen LogP contribution in [-0.2, 0) is 14.3 Å². The summed E-state index contributed by atoms with van der Waals surface area (Å²) in [7, 11) is 3.23. The fourth-order valence-corrected chi connectivity index (χ4v) is 1.35. The lowest BCUT2D eigenvalue weighted by atomic mass is 10.1. The van der Waals surface area contributed by atoms with E-state index in [0.29, 0.717) is 6.42 Å². The van der Waals surface area contributed by atoms with Crippen molar-refractivity contribution in [3.05, 3.63) is 23.6 Å². The summed E-state index contributed by atoms with van der Waals surface area (Å²) in [4.78, 5) is 10.8. The van der Waals surface area contributed by atoms with Crippen LogP contribution < -0.4 is 5.32 Å². The van der Waals surface area contributed by atoms with Gasteiger partial charge in [-0.1, -0.05) is 6.08 Å². The van der Waals surface area contributed by atoms with Gasteiger partial charge in [0.05, 0.1) is 7.11 Å². The van der Waals surface area contributed by atoms with Gasteiger partial charge in [-0.05, 0) is 0 Å². The summed E-state index contributed by atoms with van der Waals surface area (Å²) in [6, 6.07) is 0. The average molecular weight is 197 g/mol. The molecule has 0 spiro atoms. The van der Waals surface area contributed by atoms with Crippen LogP contribution in [0.5, 0.6) is 0 Å². The van der Waals surface area contributed by atoms with Gasteiger partial charge in [0.1, 0.15) is 11.9 Å². The summed E-state index contributed by atoms with van der Waals surface area (Å²) in [6.45, 7) is 1.48. The summed E-state index contributed by atoms with van der Waals surface area (Å²) in [6.07, 6.45) is 4.36. The fraction of sp³-hybridized carbons (Fsp3) is 0.500. The van der Waals surface area contributed by atoms with Crippen LogP contribution in [0.2, 0.25) is 0 Å². The van der Waals surface area contributed by atoms with E-state index in [2.05, 4.69) is 5.32 Å². The minimum absolute atomic E-state index is 0.0440. The number of nitrogens with one attached hydrogen (secondary N) is 1. The third-order valence-electron chi connectivity index (χ3n) is 2.01. The number of methoxy groups -OCH3 is 2. The molecule has 0 bridgehead atoms. The van der Waals surface area contributed by atoms with E-state index in [0.717, 1.165) is 11.5 Å². The standard InChI is InChI=1S/C10H15NO3/c1-7(12)11-8-4-5-9(13-2)10(6-8)14-3/h4,6,9H,5H2,1-3H3,(H,11,12). The van der Waals surface area contributed by atoms with Crippen LogP contribution in [0.25, 0.3) is 0 Å². The first-order valence-electron chi connectivity index (χ1n) is 4.43. The van der Waals surface area contributed by atoms with Gasteiger partial charge in [0.2, 0.25) is 5.91 Å². The van der Waals surface area contributed by atoms with Crippen molar-refractivity contribution in [3.8, 4) is 0 Å². The highest BCUT2D eigenvalue weighted by Gasteiger charge is 2.18. The zero-order valence-electron chi connectivity index (χ0n) is 8.66. The summed E-state index contributed by atoms with van der Waals surface area (Å²) in [5.74, 6) is 0.651. The molecule has 0 aromatic carbocycles. The van der Waals surface area contributed by atoms with E-state index in [9.17, 15) is 4.79 Å². The monoisotopic (exact) mass is 197 g/mol. The molecule has 0 saturated carbocycles. The number of amides is 1. The molecule has 0 saturated heterocycles. The first-order chi connectivity index (χ1) is 6.67. The summed E-state index contributed by atoms with van der Waals surface area (Å²) in [5, 5.41) is 2.70. The highest BCUT2D eigenvalue weighted by atomic mass is 16.5. The van der Waals surface area contributed by atoms with Gasteiger partial charge in [0.25, 0.3) is 0 Å². The molecule has 4 heteroatoms. The maximum Gasteiger partial charge on any atom is 0.221 e. The van der Waals surface area contributed by atoms with Crippen LogP contribution in [-0.4, -0.2) is 26.2 Å². The highest BCUT2D eigenvalue weighted by molar-refractivity contribution is 5.75. The lowest BCUT2D eigenvalue weighted by Crippen LogP contribution is -2.24. The van der Waals surface area contributed by atoms with E-state index in [1.807, 2.05) is 6.08 Å². The molecule has 0 fully saturated rings. The molecule has 0 aromatic rings. The minimum Gasteiger partial charge on any atom is -0.498 e. The number of carbonyl (C=O) groups excluding carboxylic acids is 1. The second-order valence-corrected chi connectivity index (χ2v) is 3.05. The Morgan fingerprint density at radius 1 is 1.57 bits per heavy atom. The van der Waals surface area contributed by atoms with Crippen LogP contribution in [0, 0.1) is 0 Å². The predicted octanol–water partition coefficient (Wildman–Crippen LogP) is 0.955. The van der Waals surface area contributed by atoms with Gasteiger partial charge in [0.15, 0.2) is 0 Å². The zero-order valence-corrected chi connectivity index (χ0v) is 8.66. The van der Waals surface area contributed by atoms with Gasteiger partial charge in [-0.15, -0.1) is 0 Å². The first kappa shape index (κ1) is 10.8. The Morgan fingerprint density at radius 3 is 2.79 bits per heavy atom. The Balaban J connectivity index is 2.71. The lowest BCUT2D eigenvalue weighted by molar-refractivity contribution is -0.118. The van der Waals surface area contributed by atoms with Crippen molar-refractivity contribution < 1.29 is 14.3 Å². The average Bonchev–Trinajstić information content (AvgIpc) is 2.16. The summed E-state index contributed by atoms with van der Waals surface area (Å²) >= 11 is 0. The Morgan fingerprint density at radius 2 is 2.29 bits per heavy atom. The molecular formula is C10H15NO3. The summed E-state index contributed by atoms with van der Waals surface area (Å²) < 4.78 is 10.3. The van der Waals surface area contributed by atoms with Crippen molar-refractivity contribution in [3.63, 3.8) is 0 Å². The van der Waals surface area contributed by atoms with E-state index in [1.165, 1.54) is 6.92 Å². The molecule has 1 N–H and O–H groups in total. The molecule has 0 heterocycles. The third kappa shape index (κ3) is 2.60. The predicted molar refractivity (Wildman–Crippen MR) is 52.4 cm³/mol. The van der Waals surface area contributed by atoms with E-state index < -0.39 is 0 Å². The number of rotatable bonds is 3. The van der Waals surface area contributed by atoms with Crippen LogP contribution in [0.1, 0.15) is 13.3 Å². The number of hydrogen-bond acceptors (Lipinski definition) is 3. The Kier molecular flexibility index (Phi) is 3.71. The van der Waals surface area contributed by atoms with Gasteiger partial charge in [0, 0.05) is 32.2 Å². The topological polar surface area (TPSA) is 47.6 Å². The van der Waals surface area contributed by atoms with Crippen molar-refractivity contribution in [2.75, 3.05) is 14.2 Å². The second-order valence-electron chi connectivity index (χ2n) is 3.05. The van der Waals surface area contributed by atoms with Gasteiger partial charge in [-0.25, -0.2) is 0 Å². The Hall–Kier alpha value is -1.29. The Labute approximate surface area is 83.6 Å². The molecule has 78 valence electrons. The molecule has 0 aromatic heterocycles. The SMILES string of the molecule is COC1=CC(NC(C)=O)=CCC1OC. The van der Waals surface area contributed by atoms with Crippen molar-refractivity contribution in [2.45, 2.75) is 19.4 Å². The molecule has 1 aliphatic carbocycles. The molecule has 1 unspecified atom stereocenters. The maximum atomic E-state index is 10.8. The van der Waals surface area contributed by atoms with Crippen LogP contribution in [0.15, 0.2) is 23.6 Å². The van der Waals surface area contributed by atoms with Crippen LogP contribution in [0.4, 0.5) is 0 Å². The Bertz CT molecular complexity index is 281. The van der Waals surface area contributed by atoms with E-state index >= 15 is 0 Å². The number of allylic oxidation sites excluding steroid dienone is 1. The molecule has 1 atom stereocenters. The normalized spacial score (nSPS) is 20.9. The maximum absolute atomic E-state index is 10.8. The zero-order chi connectivity index (χ0) is 10.6. The third-order valence-corrected chi connectivity index (χ3v) is 2.01. The second kappa shape index (κ2) is 4.81. The van der Waals surface area contributed by atoms with Gasteiger partial charge >= 0.3 is 0 Å². The van der Waals surface area contributed by atoms with E-state index in [1.54, 1.807) is 20.3 Å². The van der Waals surface area contributed by atoms with Crippen molar-refractivity contribution >= 4 is 5.91 Å². The molecule has 0 radical (unpaired) electrons. The smallest absolute Gasteiger partial charge is 0.221 e. The lowest BCUT2D eigenvalue weighted by Gasteiger charge is -2.21. The number of carbonyl (C=O) groups is 1. The number of ether oxygens (including phenoxy) is 2. The summed E-state index contributed by atoms with van der Waals surface area (Å²) in [5.41, 5.74) is 0.766. The van der Waals surface area contributed by atoms with E-state index in [-0.39, 0.29) is 12.0 Å². The van der Waals surface area contributed by atoms with Gasteiger partial charge in [-0.2, -0.15) is 0 Å². The quantitative estimate of drug-likeness (QED) is 0.733. The molecule has 4 nitrogen and oxygen atoms in total. The fourth-order valence-electron chi connectivity index (χ4n) is 1.35. The molecular weight excluding hydrogens is 182 g/mol.